The van der Waals surface area contributed by atoms with Crippen LogP contribution in [-0.2, 0) is 11.3 Å². The third-order valence-electron chi connectivity index (χ3n) is 5.76. The normalized spacial score (nSPS) is 25.3. The van der Waals surface area contributed by atoms with Gasteiger partial charge >= 0.3 is 0 Å². The number of hydrogen-bond donors (Lipinski definition) is 3. The molecule has 1 aromatic carbocycles. The third-order valence-corrected chi connectivity index (χ3v) is 5.76. The zero-order valence-electron chi connectivity index (χ0n) is 15.2. The molecule has 2 aromatic rings. The summed E-state index contributed by atoms with van der Waals surface area (Å²) in [6.45, 7) is 1.44. The van der Waals surface area contributed by atoms with Crippen LogP contribution >= 0.6 is 0 Å². The van der Waals surface area contributed by atoms with Crippen molar-refractivity contribution in [3.63, 3.8) is 0 Å². The molecule has 1 aliphatic heterocycles. The second-order valence-electron chi connectivity index (χ2n) is 7.49. The Morgan fingerprint density at radius 3 is 3.08 bits per heavy atom. The fourth-order valence-corrected chi connectivity index (χ4v) is 4.34. The standard InChI is InChI=1S/C19H28N6O/c26-19(11-10-16-14-6-1-2-7-15(14)21-22-16)20-12-5-13-25-18-9-4-3-8-17(18)23-24-25/h3-4,8-9,14-16,21-22H,1-2,5-7,10-13H2,(H,20,26). The molecule has 7 nitrogen and oxygen atoms in total. The Labute approximate surface area is 153 Å². The van der Waals surface area contributed by atoms with Gasteiger partial charge in [-0.1, -0.05) is 30.2 Å². The average molecular weight is 356 g/mol. The van der Waals surface area contributed by atoms with E-state index in [1.54, 1.807) is 0 Å². The number of benzene rings is 1. The molecule has 4 rings (SSSR count). The summed E-state index contributed by atoms with van der Waals surface area (Å²) in [5.74, 6) is 0.839. The van der Waals surface area contributed by atoms with Crippen LogP contribution in [0, 0.1) is 5.92 Å². The largest absolute Gasteiger partial charge is 0.356 e. The minimum atomic E-state index is 0.148. The highest BCUT2D eigenvalue weighted by molar-refractivity contribution is 5.76. The summed E-state index contributed by atoms with van der Waals surface area (Å²) in [7, 11) is 0. The monoisotopic (exact) mass is 356 g/mol. The van der Waals surface area contributed by atoms with Gasteiger partial charge in [0.15, 0.2) is 0 Å². The molecule has 0 spiro atoms. The number of nitrogens with one attached hydrogen (secondary N) is 3. The number of carbonyl (C=O) groups is 1. The topological polar surface area (TPSA) is 83.9 Å². The van der Waals surface area contributed by atoms with E-state index >= 15 is 0 Å². The van der Waals surface area contributed by atoms with E-state index in [2.05, 4.69) is 26.5 Å². The fourth-order valence-electron chi connectivity index (χ4n) is 4.34. The Bertz CT molecular complexity index is 744. The van der Waals surface area contributed by atoms with Crippen LogP contribution in [0.1, 0.15) is 44.9 Å². The fraction of sp³-hybridized carbons (Fsp3) is 0.632. The molecule has 3 N–H and O–H groups in total. The van der Waals surface area contributed by atoms with Crippen molar-refractivity contribution in [3.05, 3.63) is 24.3 Å². The molecule has 0 bridgehead atoms. The van der Waals surface area contributed by atoms with Gasteiger partial charge in [-0.25, -0.2) is 4.68 Å². The second-order valence-corrected chi connectivity index (χ2v) is 7.49. The average Bonchev–Trinajstić information content (AvgIpc) is 3.28. The van der Waals surface area contributed by atoms with Gasteiger partial charge in [-0.05, 0) is 43.7 Å². The van der Waals surface area contributed by atoms with Gasteiger partial charge in [-0.2, -0.15) is 0 Å². The Morgan fingerprint density at radius 1 is 1.23 bits per heavy atom. The van der Waals surface area contributed by atoms with Crippen LogP contribution in [0.25, 0.3) is 11.0 Å². The number of amides is 1. The lowest BCUT2D eigenvalue weighted by atomic mass is 9.80. The summed E-state index contributed by atoms with van der Waals surface area (Å²) in [5, 5.41) is 11.4. The molecule has 1 saturated carbocycles. The molecular weight excluding hydrogens is 328 g/mol. The van der Waals surface area contributed by atoms with Crippen LogP contribution in [0.4, 0.5) is 0 Å². The van der Waals surface area contributed by atoms with Gasteiger partial charge in [-0.3, -0.25) is 15.6 Å². The number of hydrazine groups is 1. The van der Waals surface area contributed by atoms with E-state index in [1.165, 1.54) is 25.7 Å². The number of fused-ring (bicyclic) bond motifs is 2. The van der Waals surface area contributed by atoms with E-state index in [9.17, 15) is 4.79 Å². The van der Waals surface area contributed by atoms with Gasteiger partial charge in [0.1, 0.15) is 5.52 Å². The van der Waals surface area contributed by atoms with E-state index in [1.807, 2.05) is 28.9 Å². The second kappa shape index (κ2) is 8.14. The van der Waals surface area contributed by atoms with Crippen molar-refractivity contribution < 1.29 is 4.79 Å². The number of para-hydroxylation sites is 1. The van der Waals surface area contributed by atoms with Crippen LogP contribution in [0.3, 0.4) is 0 Å². The molecule has 3 unspecified atom stereocenters. The molecular formula is C19H28N6O. The van der Waals surface area contributed by atoms with Crippen molar-refractivity contribution in [1.82, 2.24) is 31.2 Å². The highest BCUT2D eigenvalue weighted by atomic mass is 16.1. The minimum Gasteiger partial charge on any atom is -0.356 e. The molecule has 26 heavy (non-hydrogen) atoms. The maximum atomic E-state index is 12.1. The highest BCUT2D eigenvalue weighted by Crippen LogP contribution is 2.31. The molecule has 140 valence electrons. The molecule has 3 atom stereocenters. The summed E-state index contributed by atoms with van der Waals surface area (Å²) >= 11 is 0. The Morgan fingerprint density at radius 2 is 2.12 bits per heavy atom. The number of hydrogen-bond acceptors (Lipinski definition) is 5. The van der Waals surface area contributed by atoms with Gasteiger partial charge in [0.25, 0.3) is 0 Å². The zero-order valence-corrected chi connectivity index (χ0v) is 15.2. The smallest absolute Gasteiger partial charge is 0.220 e. The summed E-state index contributed by atoms with van der Waals surface area (Å²) < 4.78 is 1.90. The van der Waals surface area contributed by atoms with Gasteiger partial charge in [0.05, 0.1) is 5.52 Å². The van der Waals surface area contributed by atoms with Crippen LogP contribution in [-0.4, -0.2) is 39.5 Å². The first-order valence-corrected chi connectivity index (χ1v) is 9.87. The Hall–Kier alpha value is -1.99. The van der Waals surface area contributed by atoms with Gasteiger partial charge in [0.2, 0.25) is 5.91 Å². The summed E-state index contributed by atoms with van der Waals surface area (Å²) in [6, 6.07) is 8.98. The van der Waals surface area contributed by atoms with Crippen molar-refractivity contribution in [2.75, 3.05) is 6.54 Å². The molecule has 0 radical (unpaired) electrons. The lowest BCUT2D eigenvalue weighted by molar-refractivity contribution is -0.121. The number of aromatic nitrogens is 3. The number of rotatable bonds is 7. The van der Waals surface area contributed by atoms with Gasteiger partial charge < -0.3 is 5.32 Å². The summed E-state index contributed by atoms with van der Waals surface area (Å²) in [6.07, 6.45) is 7.55. The maximum Gasteiger partial charge on any atom is 0.220 e. The molecule has 1 amide bonds. The van der Waals surface area contributed by atoms with Crippen molar-refractivity contribution in [3.8, 4) is 0 Å². The minimum absolute atomic E-state index is 0.148. The van der Waals surface area contributed by atoms with Crippen LogP contribution in [0.15, 0.2) is 24.3 Å². The molecule has 1 saturated heterocycles. The number of carbonyl (C=O) groups excluding carboxylic acids is 1. The molecule has 2 aliphatic rings. The predicted octanol–water partition coefficient (Wildman–Crippen LogP) is 1.75. The molecule has 2 fully saturated rings. The molecule has 7 heteroatoms. The van der Waals surface area contributed by atoms with Crippen molar-refractivity contribution in [1.29, 1.82) is 0 Å². The highest BCUT2D eigenvalue weighted by Gasteiger charge is 2.36. The van der Waals surface area contributed by atoms with Gasteiger partial charge in [0, 0.05) is 31.6 Å². The number of nitrogens with zero attached hydrogens (tertiary/aromatic N) is 3. The van der Waals surface area contributed by atoms with Crippen molar-refractivity contribution >= 4 is 16.9 Å². The van der Waals surface area contributed by atoms with Crippen LogP contribution < -0.4 is 16.2 Å². The lowest BCUT2D eigenvalue weighted by Gasteiger charge is -2.27. The summed E-state index contributed by atoms with van der Waals surface area (Å²) in [4.78, 5) is 12.1. The van der Waals surface area contributed by atoms with Crippen LogP contribution in [0.5, 0.6) is 0 Å². The van der Waals surface area contributed by atoms with E-state index < -0.39 is 0 Å². The van der Waals surface area contributed by atoms with Crippen molar-refractivity contribution in [2.45, 2.75) is 63.6 Å². The predicted molar refractivity (Wildman–Crippen MR) is 100 cm³/mol. The SMILES string of the molecule is O=C(CCC1NNC2CCCCC21)NCCCn1nnc2ccccc21. The third kappa shape index (κ3) is 3.88. The van der Waals surface area contributed by atoms with Crippen molar-refractivity contribution in [2.24, 2.45) is 5.92 Å². The first kappa shape index (κ1) is 17.4. The van der Waals surface area contributed by atoms with E-state index in [4.69, 9.17) is 0 Å². The zero-order chi connectivity index (χ0) is 17.8. The molecule has 1 aliphatic carbocycles. The van der Waals surface area contributed by atoms with Gasteiger partial charge in [-0.15, -0.1) is 5.10 Å². The maximum absolute atomic E-state index is 12.1. The molecule has 2 heterocycles. The Balaban J connectivity index is 1.15. The van der Waals surface area contributed by atoms with E-state index in [0.717, 1.165) is 30.4 Å². The lowest BCUT2D eigenvalue weighted by Crippen LogP contribution is -2.34. The first-order valence-electron chi connectivity index (χ1n) is 9.87. The first-order chi connectivity index (χ1) is 12.8. The quantitative estimate of drug-likeness (QED) is 0.658. The summed E-state index contributed by atoms with van der Waals surface area (Å²) in [5.41, 5.74) is 8.78. The number of aryl methyl sites for hydroxylation is 1. The molecule has 1 aromatic heterocycles. The Kier molecular flexibility index (Phi) is 5.45. The van der Waals surface area contributed by atoms with Crippen LogP contribution in [0.2, 0.25) is 0 Å². The van der Waals surface area contributed by atoms with E-state index in [-0.39, 0.29) is 5.91 Å². The van der Waals surface area contributed by atoms with E-state index in [0.29, 0.717) is 31.0 Å².